The summed E-state index contributed by atoms with van der Waals surface area (Å²) in [6, 6.07) is 3.74. The van der Waals surface area contributed by atoms with E-state index in [2.05, 4.69) is 9.97 Å². The molecule has 3 rings (SSSR count). The van der Waals surface area contributed by atoms with Crippen molar-refractivity contribution in [3.8, 4) is 6.01 Å². The van der Waals surface area contributed by atoms with Gasteiger partial charge >= 0.3 is 6.01 Å². The molecule has 8 heteroatoms. The van der Waals surface area contributed by atoms with Gasteiger partial charge < -0.3 is 9.64 Å². The van der Waals surface area contributed by atoms with Crippen LogP contribution in [0.5, 0.6) is 6.01 Å². The van der Waals surface area contributed by atoms with Gasteiger partial charge in [0.2, 0.25) is 0 Å². The highest BCUT2D eigenvalue weighted by Crippen LogP contribution is 2.22. The maximum absolute atomic E-state index is 13.1. The van der Waals surface area contributed by atoms with E-state index in [1.807, 2.05) is 0 Å². The lowest BCUT2D eigenvalue weighted by Gasteiger charge is -2.32. The van der Waals surface area contributed by atoms with E-state index in [0.717, 1.165) is 31.3 Å². The summed E-state index contributed by atoms with van der Waals surface area (Å²) in [5.41, 5.74) is 0.247. The molecule has 0 bridgehead atoms. The van der Waals surface area contributed by atoms with Crippen LogP contribution in [0.3, 0.4) is 0 Å². The molecule has 0 saturated carbocycles. The van der Waals surface area contributed by atoms with Gasteiger partial charge in [-0.15, -0.1) is 0 Å². The Balaban J connectivity index is 1.68. The predicted octanol–water partition coefficient (Wildman–Crippen LogP) is 3.09. The smallest absolute Gasteiger partial charge is 0.316 e. The molecule has 1 aliphatic rings. The summed E-state index contributed by atoms with van der Waals surface area (Å²) in [6.07, 6.45) is 3.20. The van der Waals surface area contributed by atoms with Crippen LogP contribution in [0.15, 0.2) is 30.6 Å². The largest absolute Gasteiger partial charge is 0.458 e. The van der Waals surface area contributed by atoms with Crippen molar-refractivity contribution in [2.75, 3.05) is 13.1 Å². The molecule has 1 amide bonds. The topological polar surface area (TPSA) is 55.3 Å². The number of ether oxygens (including phenoxy) is 1. The van der Waals surface area contributed by atoms with Crippen LogP contribution >= 0.6 is 11.6 Å². The first-order valence-electron chi connectivity index (χ1n) is 7.41. The van der Waals surface area contributed by atoms with E-state index in [1.165, 1.54) is 12.1 Å². The lowest BCUT2D eigenvalue weighted by atomic mass is 10.1. The molecule has 1 aromatic carbocycles. The summed E-state index contributed by atoms with van der Waals surface area (Å²) < 4.78 is 31.5. The summed E-state index contributed by atoms with van der Waals surface area (Å²) in [7, 11) is 0. The van der Waals surface area contributed by atoms with E-state index < -0.39 is 11.6 Å². The molecule has 1 unspecified atom stereocenters. The van der Waals surface area contributed by atoms with Gasteiger partial charge in [-0.1, -0.05) is 11.6 Å². The SMILES string of the molecule is O=C(c1ccc(F)cc1Cl)N1CCCC(Oc2ncc(F)cn2)C1. The Kier molecular flexibility index (Phi) is 4.89. The molecule has 1 aromatic heterocycles. The Hall–Kier alpha value is -2.28. The molecule has 1 saturated heterocycles. The molecule has 0 spiro atoms. The van der Waals surface area contributed by atoms with Crippen LogP contribution in [0.25, 0.3) is 0 Å². The molecule has 5 nitrogen and oxygen atoms in total. The van der Waals surface area contributed by atoms with Crippen molar-refractivity contribution >= 4 is 17.5 Å². The third-order valence-electron chi connectivity index (χ3n) is 3.70. The van der Waals surface area contributed by atoms with Crippen LogP contribution in [0.1, 0.15) is 23.2 Å². The summed E-state index contributed by atoms with van der Waals surface area (Å²) in [5.74, 6) is -1.33. The zero-order chi connectivity index (χ0) is 17.1. The molecule has 0 N–H and O–H groups in total. The number of hydrogen-bond acceptors (Lipinski definition) is 4. The quantitative estimate of drug-likeness (QED) is 0.851. The number of carbonyl (C=O) groups excluding carboxylic acids is 1. The number of benzene rings is 1. The molecule has 2 heterocycles. The normalized spacial score (nSPS) is 17.6. The number of aromatic nitrogens is 2. The second-order valence-corrected chi connectivity index (χ2v) is 5.85. The van der Waals surface area contributed by atoms with Crippen LogP contribution in [0.4, 0.5) is 8.78 Å². The van der Waals surface area contributed by atoms with E-state index in [9.17, 15) is 13.6 Å². The maximum Gasteiger partial charge on any atom is 0.316 e. The average molecular weight is 354 g/mol. The zero-order valence-electron chi connectivity index (χ0n) is 12.6. The fourth-order valence-corrected chi connectivity index (χ4v) is 2.81. The minimum Gasteiger partial charge on any atom is -0.458 e. The maximum atomic E-state index is 13.1. The van der Waals surface area contributed by atoms with E-state index in [-0.39, 0.29) is 28.6 Å². The predicted molar refractivity (Wildman–Crippen MR) is 83.0 cm³/mol. The summed E-state index contributed by atoms with van der Waals surface area (Å²) in [4.78, 5) is 21.7. The number of likely N-dealkylation sites (tertiary alicyclic amines) is 1. The van der Waals surface area contributed by atoms with Crippen LogP contribution in [0, 0.1) is 11.6 Å². The summed E-state index contributed by atoms with van der Waals surface area (Å²) >= 11 is 5.95. The van der Waals surface area contributed by atoms with Crippen LogP contribution in [0.2, 0.25) is 5.02 Å². The lowest BCUT2D eigenvalue weighted by molar-refractivity contribution is 0.0515. The minimum atomic E-state index is -0.547. The second kappa shape index (κ2) is 7.09. The highest BCUT2D eigenvalue weighted by molar-refractivity contribution is 6.33. The van der Waals surface area contributed by atoms with E-state index in [1.54, 1.807) is 4.90 Å². The van der Waals surface area contributed by atoms with Crippen LogP contribution in [-0.2, 0) is 0 Å². The van der Waals surface area contributed by atoms with Crippen molar-refractivity contribution in [3.63, 3.8) is 0 Å². The Labute approximate surface area is 142 Å². The van der Waals surface area contributed by atoms with Crippen molar-refractivity contribution in [1.29, 1.82) is 0 Å². The van der Waals surface area contributed by atoms with E-state index in [4.69, 9.17) is 16.3 Å². The Morgan fingerprint density at radius 3 is 2.71 bits per heavy atom. The van der Waals surface area contributed by atoms with Gasteiger partial charge in [0, 0.05) is 6.54 Å². The number of piperidine rings is 1. The van der Waals surface area contributed by atoms with Gasteiger partial charge in [-0.05, 0) is 31.0 Å². The van der Waals surface area contributed by atoms with E-state index >= 15 is 0 Å². The highest BCUT2D eigenvalue weighted by Gasteiger charge is 2.27. The Bertz CT molecular complexity index is 743. The van der Waals surface area contributed by atoms with Crippen LogP contribution in [-0.4, -0.2) is 40.0 Å². The number of carbonyl (C=O) groups is 1. The van der Waals surface area contributed by atoms with Crippen molar-refractivity contribution in [2.24, 2.45) is 0 Å². The van der Waals surface area contributed by atoms with Crippen molar-refractivity contribution in [1.82, 2.24) is 14.9 Å². The molecule has 1 atom stereocenters. The fourth-order valence-electron chi connectivity index (χ4n) is 2.56. The third kappa shape index (κ3) is 3.79. The monoisotopic (exact) mass is 353 g/mol. The Morgan fingerprint density at radius 2 is 2.00 bits per heavy atom. The van der Waals surface area contributed by atoms with Crippen LogP contribution < -0.4 is 4.74 Å². The standard InChI is InChI=1S/C16H14ClF2N3O2/c17-14-6-10(18)3-4-13(14)15(23)22-5-1-2-12(9-22)24-16-20-7-11(19)8-21-16/h3-4,6-8,12H,1-2,5,9H2. The second-order valence-electron chi connectivity index (χ2n) is 5.44. The molecule has 2 aromatic rings. The number of halogens is 3. The van der Waals surface area contributed by atoms with Gasteiger partial charge in [0.15, 0.2) is 5.82 Å². The number of rotatable bonds is 3. The first-order chi connectivity index (χ1) is 11.5. The molecule has 0 aliphatic carbocycles. The fraction of sp³-hybridized carbons (Fsp3) is 0.312. The summed E-state index contributed by atoms with van der Waals surface area (Å²) in [6.45, 7) is 0.879. The van der Waals surface area contributed by atoms with Crippen molar-refractivity contribution in [2.45, 2.75) is 18.9 Å². The lowest BCUT2D eigenvalue weighted by Crippen LogP contribution is -2.44. The van der Waals surface area contributed by atoms with Crippen molar-refractivity contribution in [3.05, 3.63) is 52.8 Å². The molecule has 1 fully saturated rings. The highest BCUT2D eigenvalue weighted by atomic mass is 35.5. The van der Waals surface area contributed by atoms with Gasteiger partial charge in [-0.3, -0.25) is 4.79 Å². The number of hydrogen-bond donors (Lipinski definition) is 0. The van der Waals surface area contributed by atoms with Gasteiger partial charge in [0.1, 0.15) is 11.9 Å². The molecule has 126 valence electrons. The zero-order valence-corrected chi connectivity index (χ0v) is 13.3. The molecule has 24 heavy (non-hydrogen) atoms. The first kappa shape index (κ1) is 16.6. The number of amides is 1. The molecular weight excluding hydrogens is 340 g/mol. The van der Waals surface area contributed by atoms with E-state index in [0.29, 0.717) is 13.1 Å². The van der Waals surface area contributed by atoms with Gasteiger partial charge in [0.25, 0.3) is 5.91 Å². The molecular formula is C16H14ClF2N3O2. The first-order valence-corrected chi connectivity index (χ1v) is 7.79. The number of nitrogens with zero attached hydrogens (tertiary/aromatic N) is 3. The van der Waals surface area contributed by atoms with Crippen molar-refractivity contribution < 1.29 is 18.3 Å². The molecule has 1 aliphatic heterocycles. The Morgan fingerprint density at radius 1 is 1.25 bits per heavy atom. The van der Waals surface area contributed by atoms with Gasteiger partial charge in [-0.25, -0.2) is 18.7 Å². The third-order valence-corrected chi connectivity index (χ3v) is 4.01. The average Bonchev–Trinajstić information content (AvgIpc) is 2.57. The molecule has 0 radical (unpaired) electrons. The van der Waals surface area contributed by atoms with Gasteiger partial charge in [-0.2, -0.15) is 0 Å². The minimum absolute atomic E-state index is 0.0653. The summed E-state index contributed by atoms with van der Waals surface area (Å²) in [5, 5.41) is 0.0740. The van der Waals surface area contributed by atoms with Gasteiger partial charge in [0.05, 0.1) is 29.5 Å².